The molecule has 3 nitrogen and oxygen atoms in total. The van der Waals surface area contributed by atoms with Crippen molar-refractivity contribution < 1.29 is 23.1 Å². The number of carbonyl (C=O) groups excluding carboxylic acids is 2. The van der Waals surface area contributed by atoms with E-state index in [2.05, 4.69) is 0 Å². The van der Waals surface area contributed by atoms with Crippen molar-refractivity contribution >= 4 is 17.8 Å². The molecule has 0 aliphatic heterocycles. The SMILES string of the molecule is O=C(/C=C/c1ccccc1F)c1ccc(OC(=O)c2ccc(F)cc2)cc1. The second-order valence-corrected chi connectivity index (χ2v) is 5.64. The van der Waals surface area contributed by atoms with Gasteiger partial charge in [0.1, 0.15) is 17.4 Å². The molecule has 0 N–H and O–H groups in total. The molecule has 0 aliphatic rings. The molecule has 0 radical (unpaired) electrons. The second kappa shape index (κ2) is 8.19. The molecule has 3 aromatic rings. The van der Waals surface area contributed by atoms with E-state index >= 15 is 0 Å². The average Bonchev–Trinajstić information content (AvgIpc) is 2.68. The number of halogens is 2. The van der Waals surface area contributed by atoms with Crippen molar-refractivity contribution in [3.8, 4) is 5.75 Å². The number of ketones is 1. The van der Waals surface area contributed by atoms with Crippen molar-refractivity contribution in [1.29, 1.82) is 0 Å². The van der Waals surface area contributed by atoms with E-state index in [1.54, 1.807) is 18.2 Å². The maximum Gasteiger partial charge on any atom is 0.343 e. The quantitative estimate of drug-likeness (QED) is 0.274. The van der Waals surface area contributed by atoms with Crippen LogP contribution in [0.4, 0.5) is 8.78 Å². The fraction of sp³-hybridized carbons (Fsp3) is 0. The highest BCUT2D eigenvalue weighted by molar-refractivity contribution is 6.06. The third-order valence-electron chi connectivity index (χ3n) is 3.75. The number of rotatable bonds is 5. The Bertz CT molecular complexity index is 991. The van der Waals surface area contributed by atoms with E-state index in [4.69, 9.17) is 4.74 Å². The van der Waals surface area contributed by atoms with Crippen molar-refractivity contribution in [2.24, 2.45) is 0 Å². The molecule has 0 heterocycles. The lowest BCUT2D eigenvalue weighted by Crippen LogP contribution is -2.08. The number of esters is 1. The molecular formula is C22H14F2O3. The summed E-state index contributed by atoms with van der Waals surface area (Å²) in [5.41, 5.74) is 0.893. The first-order valence-electron chi connectivity index (χ1n) is 8.08. The average molecular weight is 364 g/mol. The summed E-state index contributed by atoms with van der Waals surface area (Å²) in [7, 11) is 0. The van der Waals surface area contributed by atoms with Crippen LogP contribution < -0.4 is 4.74 Å². The van der Waals surface area contributed by atoms with Crippen LogP contribution in [0.5, 0.6) is 5.75 Å². The van der Waals surface area contributed by atoms with E-state index in [1.807, 2.05) is 0 Å². The van der Waals surface area contributed by atoms with E-state index in [0.29, 0.717) is 11.1 Å². The third kappa shape index (κ3) is 4.73. The number of allylic oxidation sites excluding steroid dienone is 1. The first kappa shape index (κ1) is 18.2. The van der Waals surface area contributed by atoms with Gasteiger partial charge in [0.15, 0.2) is 5.78 Å². The summed E-state index contributed by atoms with van der Waals surface area (Å²) >= 11 is 0. The Morgan fingerprint density at radius 1 is 0.778 bits per heavy atom. The summed E-state index contributed by atoms with van der Waals surface area (Å²) in [5.74, 6) is -1.55. The Labute approximate surface area is 154 Å². The number of benzene rings is 3. The molecule has 0 bridgehead atoms. The molecular weight excluding hydrogens is 350 g/mol. The Kier molecular flexibility index (Phi) is 5.52. The summed E-state index contributed by atoms with van der Waals surface area (Å²) in [6.07, 6.45) is 2.68. The molecule has 0 fully saturated rings. The molecule has 0 amide bonds. The van der Waals surface area contributed by atoms with Gasteiger partial charge in [0.25, 0.3) is 0 Å². The van der Waals surface area contributed by atoms with Crippen LogP contribution in [0.25, 0.3) is 6.08 Å². The van der Waals surface area contributed by atoms with Crippen LogP contribution in [0.3, 0.4) is 0 Å². The van der Waals surface area contributed by atoms with Gasteiger partial charge in [0, 0.05) is 11.1 Å². The molecule has 0 unspecified atom stereocenters. The van der Waals surface area contributed by atoms with Crippen molar-refractivity contribution in [1.82, 2.24) is 0 Å². The highest BCUT2D eigenvalue weighted by Crippen LogP contribution is 2.16. The van der Waals surface area contributed by atoms with Gasteiger partial charge in [-0.15, -0.1) is 0 Å². The molecule has 0 saturated heterocycles. The lowest BCUT2D eigenvalue weighted by molar-refractivity contribution is 0.0734. The van der Waals surface area contributed by atoms with Gasteiger partial charge in [-0.05, 0) is 66.7 Å². The van der Waals surface area contributed by atoms with Crippen molar-refractivity contribution in [2.45, 2.75) is 0 Å². The van der Waals surface area contributed by atoms with Crippen molar-refractivity contribution in [3.05, 3.63) is 107 Å². The van der Waals surface area contributed by atoms with Gasteiger partial charge in [-0.1, -0.05) is 18.2 Å². The highest BCUT2D eigenvalue weighted by Gasteiger charge is 2.09. The van der Waals surface area contributed by atoms with Crippen molar-refractivity contribution in [3.63, 3.8) is 0 Å². The van der Waals surface area contributed by atoms with E-state index in [1.165, 1.54) is 66.7 Å². The largest absolute Gasteiger partial charge is 0.423 e. The first-order valence-corrected chi connectivity index (χ1v) is 8.08. The van der Waals surface area contributed by atoms with E-state index in [9.17, 15) is 18.4 Å². The number of hydrogen-bond acceptors (Lipinski definition) is 3. The van der Waals surface area contributed by atoms with Gasteiger partial charge in [-0.25, -0.2) is 13.6 Å². The van der Waals surface area contributed by atoms with Crippen LogP contribution in [0, 0.1) is 11.6 Å². The Balaban J connectivity index is 1.66. The maximum atomic E-state index is 13.5. The van der Waals surface area contributed by atoms with Crippen LogP contribution in [-0.4, -0.2) is 11.8 Å². The molecule has 0 atom stereocenters. The lowest BCUT2D eigenvalue weighted by atomic mass is 10.1. The zero-order valence-electron chi connectivity index (χ0n) is 14.1. The van der Waals surface area contributed by atoms with Crippen LogP contribution in [0.2, 0.25) is 0 Å². The van der Waals surface area contributed by atoms with Gasteiger partial charge in [0.2, 0.25) is 0 Å². The second-order valence-electron chi connectivity index (χ2n) is 5.64. The van der Waals surface area contributed by atoms with E-state index < -0.39 is 17.6 Å². The van der Waals surface area contributed by atoms with E-state index in [-0.39, 0.29) is 17.1 Å². The van der Waals surface area contributed by atoms with Crippen molar-refractivity contribution in [2.75, 3.05) is 0 Å². The zero-order chi connectivity index (χ0) is 19.2. The Morgan fingerprint density at radius 3 is 2.07 bits per heavy atom. The van der Waals surface area contributed by atoms with Gasteiger partial charge in [-0.3, -0.25) is 4.79 Å². The summed E-state index contributed by atoms with van der Waals surface area (Å²) in [6.45, 7) is 0. The molecule has 5 heteroatoms. The van der Waals surface area contributed by atoms with Gasteiger partial charge in [-0.2, -0.15) is 0 Å². The molecule has 134 valence electrons. The molecule has 3 rings (SSSR count). The minimum atomic E-state index is -0.631. The third-order valence-corrected chi connectivity index (χ3v) is 3.75. The predicted octanol–water partition coefficient (Wildman–Crippen LogP) is 5.08. The number of carbonyl (C=O) groups is 2. The first-order chi connectivity index (χ1) is 13.0. The van der Waals surface area contributed by atoms with Gasteiger partial charge < -0.3 is 4.74 Å². The normalized spacial score (nSPS) is 10.7. The molecule has 27 heavy (non-hydrogen) atoms. The fourth-order valence-electron chi connectivity index (χ4n) is 2.31. The Hall–Kier alpha value is -3.60. The van der Waals surface area contributed by atoms with Crippen LogP contribution in [-0.2, 0) is 0 Å². The maximum absolute atomic E-state index is 13.5. The molecule has 0 spiro atoms. The van der Waals surface area contributed by atoms with Crippen LogP contribution >= 0.6 is 0 Å². The standard InChI is InChI=1S/C22H14F2O3/c23-18-10-5-17(6-11-18)22(26)27-19-12-7-16(8-13-19)21(25)14-9-15-3-1-2-4-20(15)24/h1-14H/b14-9+. The number of hydrogen-bond donors (Lipinski definition) is 0. The minimum Gasteiger partial charge on any atom is -0.423 e. The minimum absolute atomic E-state index is 0.212. The predicted molar refractivity (Wildman–Crippen MR) is 97.6 cm³/mol. The van der Waals surface area contributed by atoms with Gasteiger partial charge in [0.05, 0.1) is 5.56 Å². The van der Waals surface area contributed by atoms with E-state index in [0.717, 1.165) is 0 Å². The molecule has 0 aromatic heterocycles. The Morgan fingerprint density at radius 2 is 1.41 bits per heavy atom. The van der Waals surface area contributed by atoms with Gasteiger partial charge >= 0.3 is 5.97 Å². The summed E-state index contributed by atoms with van der Waals surface area (Å²) < 4.78 is 31.6. The fourth-order valence-corrected chi connectivity index (χ4v) is 2.31. The highest BCUT2D eigenvalue weighted by atomic mass is 19.1. The topological polar surface area (TPSA) is 43.4 Å². The summed E-state index contributed by atoms with van der Waals surface area (Å²) in [6, 6.07) is 17.1. The summed E-state index contributed by atoms with van der Waals surface area (Å²) in [4.78, 5) is 24.1. The zero-order valence-corrected chi connectivity index (χ0v) is 14.1. The molecule has 0 aliphatic carbocycles. The molecule has 0 saturated carbocycles. The monoisotopic (exact) mass is 364 g/mol. The van der Waals surface area contributed by atoms with Crippen LogP contribution in [0.15, 0.2) is 78.9 Å². The lowest BCUT2D eigenvalue weighted by Gasteiger charge is -2.05. The smallest absolute Gasteiger partial charge is 0.343 e. The molecule has 3 aromatic carbocycles. The van der Waals surface area contributed by atoms with Crippen LogP contribution in [0.1, 0.15) is 26.3 Å². The number of ether oxygens (including phenoxy) is 1. The summed E-state index contributed by atoms with van der Waals surface area (Å²) in [5, 5.41) is 0.